The Balaban J connectivity index is 2.04. The third kappa shape index (κ3) is 3.22. The lowest BCUT2D eigenvalue weighted by Crippen LogP contribution is -2.12. The third-order valence-corrected chi connectivity index (χ3v) is 3.71. The second kappa shape index (κ2) is 6.19. The summed E-state index contributed by atoms with van der Waals surface area (Å²) >= 11 is 12.1. The fraction of sp³-hybridized carbons (Fsp3) is 0.214. The molecule has 1 aromatic heterocycles. The summed E-state index contributed by atoms with van der Waals surface area (Å²) in [4.78, 5) is 3.99. The van der Waals surface area contributed by atoms with Crippen molar-refractivity contribution < 1.29 is 0 Å². The molecule has 2 aromatic rings. The van der Waals surface area contributed by atoms with Gasteiger partial charge in [0.25, 0.3) is 0 Å². The van der Waals surface area contributed by atoms with Gasteiger partial charge < -0.3 is 5.73 Å². The quantitative estimate of drug-likeness (QED) is 0.919. The van der Waals surface area contributed by atoms with E-state index < -0.39 is 0 Å². The molecule has 0 saturated heterocycles. The van der Waals surface area contributed by atoms with E-state index in [1.807, 2.05) is 24.3 Å². The van der Waals surface area contributed by atoms with Crippen LogP contribution in [0.4, 0.5) is 0 Å². The van der Waals surface area contributed by atoms with Gasteiger partial charge in [-0.1, -0.05) is 35.3 Å². The molecule has 4 heteroatoms. The minimum Gasteiger partial charge on any atom is -0.324 e. The van der Waals surface area contributed by atoms with E-state index in [2.05, 4.69) is 4.98 Å². The first-order valence-electron chi connectivity index (χ1n) is 5.77. The van der Waals surface area contributed by atoms with E-state index in [0.717, 1.165) is 18.4 Å². The maximum absolute atomic E-state index is 6.15. The number of aryl methyl sites for hydroxylation is 1. The Hall–Kier alpha value is -1.09. The summed E-state index contributed by atoms with van der Waals surface area (Å²) in [5.74, 6) is 0. The molecule has 2 N–H and O–H groups in total. The van der Waals surface area contributed by atoms with Gasteiger partial charge in [0.1, 0.15) is 0 Å². The van der Waals surface area contributed by atoms with Crippen LogP contribution in [0.25, 0.3) is 0 Å². The molecule has 0 radical (unpaired) electrons. The molecule has 1 unspecified atom stereocenters. The van der Waals surface area contributed by atoms with Crippen molar-refractivity contribution in [1.82, 2.24) is 4.98 Å². The Morgan fingerprint density at radius 3 is 2.56 bits per heavy atom. The van der Waals surface area contributed by atoms with Crippen LogP contribution in [0.5, 0.6) is 0 Å². The molecule has 1 heterocycles. The van der Waals surface area contributed by atoms with Crippen LogP contribution in [0.1, 0.15) is 23.6 Å². The van der Waals surface area contributed by atoms with Crippen molar-refractivity contribution in [2.75, 3.05) is 0 Å². The van der Waals surface area contributed by atoms with E-state index >= 15 is 0 Å². The van der Waals surface area contributed by atoms with Gasteiger partial charge in [-0.25, -0.2) is 0 Å². The topological polar surface area (TPSA) is 38.9 Å². The second-order valence-electron chi connectivity index (χ2n) is 4.14. The Kier molecular flexibility index (Phi) is 4.59. The smallest absolute Gasteiger partial charge is 0.0640 e. The van der Waals surface area contributed by atoms with Crippen LogP contribution in [0.2, 0.25) is 10.0 Å². The molecule has 0 aliphatic heterocycles. The number of rotatable bonds is 4. The van der Waals surface area contributed by atoms with Crippen molar-refractivity contribution in [2.24, 2.45) is 5.73 Å². The molecule has 1 aromatic carbocycles. The molecular weight excluding hydrogens is 267 g/mol. The Bertz CT molecular complexity index is 514. The first-order valence-corrected chi connectivity index (χ1v) is 6.52. The molecule has 0 saturated carbocycles. The van der Waals surface area contributed by atoms with Crippen LogP contribution < -0.4 is 5.73 Å². The molecule has 0 bridgehead atoms. The maximum atomic E-state index is 6.15. The third-order valence-electron chi connectivity index (χ3n) is 2.87. The highest BCUT2D eigenvalue weighted by molar-refractivity contribution is 6.42. The van der Waals surface area contributed by atoms with E-state index in [4.69, 9.17) is 28.9 Å². The Morgan fingerprint density at radius 2 is 1.83 bits per heavy atom. The number of aromatic nitrogens is 1. The number of benzene rings is 1. The lowest BCUT2D eigenvalue weighted by molar-refractivity contribution is 0.651. The van der Waals surface area contributed by atoms with Gasteiger partial charge in [-0.15, -0.1) is 0 Å². The molecule has 0 fully saturated rings. The highest BCUT2D eigenvalue weighted by Crippen LogP contribution is 2.30. The van der Waals surface area contributed by atoms with E-state index in [9.17, 15) is 0 Å². The molecule has 18 heavy (non-hydrogen) atoms. The van der Waals surface area contributed by atoms with Gasteiger partial charge in [0.15, 0.2) is 0 Å². The van der Waals surface area contributed by atoms with Crippen LogP contribution >= 0.6 is 23.2 Å². The summed E-state index contributed by atoms with van der Waals surface area (Å²) in [7, 11) is 0. The van der Waals surface area contributed by atoms with Crippen LogP contribution in [0, 0.1) is 0 Å². The molecule has 2 rings (SSSR count). The second-order valence-corrected chi connectivity index (χ2v) is 4.93. The number of nitrogens with two attached hydrogens (primary N) is 1. The van der Waals surface area contributed by atoms with Crippen molar-refractivity contribution in [3.05, 3.63) is 63.9 Å². The standard InChI is InChI=1S/C14H14Cl2N2/c15-12-3-1-2-11(14(12)16)13(17)5-4-10-6-8-18-9-7-10/h1-3,6-9,13H,4-5,17H2. The summed E-state index contributed by atoms with van der Waals surface area (Å²) < 4.78 is 0. The average molecular weight is 281 g/mol. The summed E-state index contributed by atoms with van der Waals surface area (Å²) in [6.45, 7) is 0. The molecule has 0 aliphatic carbocycles. The molecule has 94 valence electrons. The number of halogens is 2. The van der Waals surface area contributed by atoms with Crippen LogP contribution in [-0.2, 0) is 6.42 Å². The minimum absolute atomic E-state index is 0.107. The predicted octanol–water partition coefficient (Wildman–Crippen LogP) is 4.02. The fourth-order valence-corrected chi connectivity index (χ4v) is 2.28. The maximum Gasteiger partial charge on any atom is 0.0640 e. The van der Waals surface area contributed by atoms with E-state index in [1.165, 1.54) is 5.56 Å². The van der Waals surface area contributed by atoms with Crippen LogP contribution in [0.3, 0.4) is 0 Å². The molecule has 1 atom stereocenters. The van der Waals surface area contributed by atoms with Crippen molar-refractivity contribution in [1.29, 1.82) is 0 Å². The minimum atomic E-state index is -0.107. The normalized spacial score (nSPS) is 12.4. The van der Waals surface area contributed by atoms with Gasteiger partial charge in [0.05, 0.1) is 10.0 Å². The first-order chi connectivity index (χ1) is 8.68. The molecule has 0 aliphatic rings. The van der Waals surface area contributed by atoms with E-state index in [1.54, 1.807) is 18.5 Å². The number of hydrogen-bond donors (Lipinski definition) is 1. The number of hydrogen-bond acceptors (Lipinski definition) is 2. The molecule has 0 spiro atoms. The monoisotopic (exact) mass is 280 g/mol. The summed E-state index contributed by atoms with van der Waals surface area (Å²) in [6.07, 6.45) is 5.29. The van der Waals surface area contributed by atoms with Crippen molar-refractivity contribution in [3.63, 3.8) is 0 Å². The van der Waals surface area contributed by atoms with Crippen molar-refractivity contribution in [3.8, 4) is 0 Å². The summed E-state index contributed by atoms with van der Waals surface area (Å²) in [5.41, 5.74) is 8.28. The van der Waals surface area contributed by atoms with Gasteiger partial charge in [0.2, 0.25) is 0 Å². The van der Waals surface area contributed by atoms with E-state index in [0.29, 0.717) is 10.0 Å². The van der Waals surface area contributed by atoms with Gasteiger partial charge in [-0.2, -0.15) is 0 Å². The highest BCUT2D eigenvalue weighted by atomic mass is 35.5. The largest absolute Gasteiger partial charge is 0.324 e. The van der Waals surface area contributed by atoms with Gasteiger partial charge in [0, 0.05) is 18.4 Å². The van der Waals surface area contributed by atoms with Gasteiger partial charge in [-0.05, 0) is 42.2 Å². The SMILES string of the molecule is NC(CCc1ccncc1)c1cccc(Cl)c1Cl. The van der Waals surface area contributed by atoms with Crippen LogP contribution in [-0.4, -0.2) is 4.98 Å². The van der Waals surface area contributed by atoms with E-state index in [-0.39, 0.29) is 6.04 Å². The molecule has 2 nitrogen and oxygen atoms in total. The Labute approximate surface area is 117 Å². The van der Waals surface area contributed by atoms with Gasteiger partial charge in [-0.3, -0.25) is 4.98 Å². The predicted molar refractivity (Wildman–Crippen MR) is 75.9 cm³/mol. The number of nitrogens with zero attached hydrogens (tertiary/aromatic N) is 1. The zero-order chi connectivity index (χ0) is 13.0. The van der Waals surface area contributed by atoms with Crippen molar-refractivity contribution in [2.45, 2.75) is 18.9 Å². The molecular formula is C14H14Cl2N2. The summed E-state index contributed by atoms with van der Waals surface area (Å²) in [6, 6.07) is 9.44. The zero-order valence-electron chi connectivity index (χ0n) is 9.81. The summed E-state index contributed by atoms with van der Waals surface area (Å²) in [5, 5.41) is 1.11. The zero-order valence-corrected chi connectivity index (χ0v) is 11.3. The Morgan fingerprint density at radius 1 is 1.11 bits per heavy atom. The highest BCUT2D eigenvalue weighted by Gasteiger charge is 2.12. The lowest BCUT2D eigenvalue weighted by atomic mass is 10.0. The number of pyridine rings is 1. The molecule has 0 amide bonds. The van der Waals surface area contributed by atoms with Gasteiger partial charge >= 0.3 is 0 Å². The van der Waals surface area contributed by atoms with Crippen molar-refractivity contribution >= 4 is 23.2 Å². The fourth-order valence-electron chi connectivity index (χ4n) is 1.83. The average Bonchev–Trinajstić information content (AvgIpc) is 2.40. The van der Waals surface area contributed by atoms with Crippen LogP contribution in [0.15, 0.2) is 42.7 Å². The lowest BCUT2D eigenvalue weighted by Gasteiger charge is -2.14. The first kappa shape index (κ1) is 13.3.